The number of nitrogens with zero attached hydrogens (tertiary/aromatic N) is 4. The number of aromatic nitrogens is 4. The molecule has 12 rings (SSSR count). The fourth-order valence-electron chi connectivity index (χ4n) is 8.74. The summed E-state index contributed by atoms with van der Waals surface area (Å²) in [7, 11) is 0. The van der Waals surface area contributed by atoms with Crippen LogP contribution < -0.4 is 0 Å². The summed E-state index contributed by atoms with van der Waals surface area (Å²) in [6.45, 7) is 0. The molecule has 55 heavy (non-hydrogen) atoms. The van der Waals surface area contributed by atoms with Crippen molar-refractivity contribution in [3.8, 4) is 34.0 Å². The molecule has 0 bridgehead atoms. The standard InChI is InChI=1S/C50H30N4O/c1-2-13-33(14-3-1)53-43-23-10-6-18-40(43)46-44(53)30-29-37-35-15-5-9-22-42(35)54(48(37)46)50-51-41-21-8-4-17-39(41)47(52-50)32-27-25-31(26-28-32)34-19-12-20-38-36-16-7-11-24-45(36)55-49(34)38/h1-30H. The van der Waals surface area contributed by atoms with Crippen molar-refractivity contribution in [1.82, 2.24) is 19.1 Å². The van der Waals surface area contributed by atoms with Gasteiger partial charge in [-0.2, -0.15) is 0 Å². The highest BCUT2D eigenvalue weighted by molar-refractivity contribution is 6.26. The molecular formula is C50H30N4O. The van der Waals surface area contributed by atoms with Crippen LogP contribution in [0.5, 0.6) is 0 Å². The quantitative estimate of drug-likeness (QED) is 0.183. The Bertz CT molecular complexity index is 3480. The minimum Gasteiger partial charge on any atom is -0.455 e. The van der Waals surface area contributed by atoms with Crippen LogP contribution in [-0.4, -0.2) is 19.1 Å². The highest BCUT2D eigenvalue weighted by Gasteiger charge is 2.23. The number of fused-ring (bicyclic) bond motifs is 11. The molecule has 4 heterocycles. The Morgan fingerprint density at radius 2 is 1.05 bits per heavy atom. The molecule has 0 aliphatic rings. The highest BCUT2D eigenvalue weighted by Crippen LogP contribution is 2.42. The lowest BCUT2D eigenvalue weighted by atomic mass is 9.99. The average Bonchev–Trinajstić information content (AvgIpc) is 3.91. The molecule has 0 radical (unpaired) electrons. The predicted molar refractivity (Wildman–Crippen MR) is 226 cm³/mol. The smallest absolute Gasteiger partial charge is 0.235 e. The van der Waals surface area contributed by atoms with Gasteiger partial charge in [-0.1, -0.05) is 140 Å². The summed E-state index contributed by atoms with van der Waals surface area (Å²) in [4.78, 5) is 10.8. The molecule has 0 unspecified atom stereocenters. The van der Waals surface area contributed by atoms with E-state index in [-0.39, 0.29) is 0 Å². The zero-order chi connectivity index (χ0) is 36.0. The van der Waals surface area contributed by atoms with Crippen LogP contribution in [0.25, 0.3) is 110 Å². The summed E-state index contributed by atoms with van der Waals surface area (Å²) >= 11 is 0. The lowest BCUT2D eigenvalue weighted by Gasteiger charge is -2.13. The summed E-state index contributed by atoms with van der Waals surface area (Å²) in [6, 6.07) is 64.1. The normalized spacial score (nSPS) is 12.0. The molecule has 256 valence electrons. The number of benzene rings is 8. The van der Waals surface area contributed by atoms with Crippen molar-refractivity contribution < 1.29 is 4.42 Å². The van der Waals surface area contributed by atoms with E-state index in [4.69, 9.17) is 14.4 Å². The predicted octanol–water partition coefficient (Wildman–Crippen LogP) is 13.1. The van der Waals surface area contributed by atoms with Crippen LogP contribution in [0.15, 0.2) is 186 Å². The van der Waals surface area contributed by atoms with Crippen LogP contribution in [0.4, 0.5) is 0 Å². The van der Waals surface area contributed by atoms with E-state index in [0.717, 1.165) is 83.0 Å². The second-order valence-electron chi connectivity index (χ2n) is 14.1. The molecule has 0 fully saturated rings. The van der Waals surface area contributed by atoms with E-state index in [9.17, 15) is 0 Å². The average molecular weight is 703 g/mol. The Morgan fingerprint density at radius 3 is 1.89 bits per heavy atom. The van der Waals surface area contributed by atoms with Gasteiger partial charge in [0.05, 0.1) is 33.3 Å². The van der Waals surface area contributed by atoms with E-state index in [0.29, 0.717) is 5.95 Å². The third kappa shape index (κ3) is 4.35. The number of hydrogen-bond acceptors (Lipinski definition) is 3. The molecule has 12 aromatic rings. The van der Waals surface area contributed by atoms with E-state index in [1.165, 1.54) is 21.5 Å². The summed E-state index contributed by atoms with van der Waals surface area (Å²) in [5.41, 5.74) is 12.3. The van der Waals surface area contributed by atoms with Gasteiger partial charge in [0.2, 0.25) is 5.95 Å². The van der Waals surface area contributed by atoms with Gasteiger partial charge < -0.3 is 8.98 Å². The van der Waals surface area contributed by atoms with Gasteiger partial charge in [-0.15, -0.1) is 0 Å². The summed E-state index contributed by atoms with van der Waals surface area (Å²) in [6.07, 6.45) is 0. The molecule has 0 aliphatic heterocycles. The molecule has 5 nitrogen and oxygen atoms in total. The third-order valence-corrected chi connectivity index (χ3v) is 11.1. The number of rotatable bonds is 4. The van der Waals surface area contributed by atoms with Gasteiger partial charge in [-0.05, 0) is 48.0 Å². The maximum absolute atomic E-state index is 6.40. The van der Waals surface area contributed by atoms with Gasteiger partial charge in [-0.25, -0.2) is 9.97 Å². The van der Waals surface area contributed by atoms with E-state index >= 15 is 0 Å². The summed E-state index contributed by atoms with van der Waals surface area (Å²) in [5, 5.41) is 7.95. The molecule has 5 heteroatoms. The van der Waals surface area contributed by atoms with Crippen LogP contribution in [0, 0.1) is 0 Å². The molecule has 8 aromatic carbocycles. The Labute approximate surface area is 315 Å². The van der Waals surface area contributed by atoms with Crippen LogP contribution >= 0.6 is 0 Å². The maximum atomic E-state index is 6.40. The Morgan fingerprint density at radius 1 is 0.400 bits per heavy atom. The zero-order valence-corrected chi connectivity index (χ0v) is 29.5. The summed E-state index contributed by atoms with van der Waals surface area (Å²) < 4.78 is 11.0. The van der Waals surface area contributed by atoms with Crippen LogP contribution in [0.2, 0.25) is 0 Å². The second-order valence-corrected chi connectivity index (χ2v) is 14.1. The minimum atomic E-state index is 0.639. The first-order valence-electron chi connectivity index (χ1n) is 18.6. The van der Waals surface area contributed by atoms with Gasteiger partial charge in [0, 0.05) is 54.5 Å². The first kappa shape index (κ1) is 30.0. The first-order valence-corrected chi connectivity index (χ1v) is 18.6. The van der Waals surface area contributed by atoms with Crippen LogP contribution in [-0.2, 0) is 0 Å². The zero-order valence-electron chi connectivity index (χ0n) is 29.5. The number of hydrogen-bond donors (Lipinski definition) is 0. The lowest BCUT2D eigenvalue weighted by molar-refractivity contribution is 0.670. The fourth-order valence-corrected chi connectivity index (χ4v) is 8.74. The van der Waals surface area contributed by atoms with Gasteiger partial charge in [0.1, 0.15) is 11.2 Å². The van der Waals surface area contributed by atoms with Crippen molar-refractivity contribution in [3.63, 3.8) is 0 Å². The first-order chi connectivity index (χ1) is 27.3. The SMILES string of the molecule is c1ccc(-n2c3ccccc3c3c2ccc2c4ccccc4n(-c4nc(-c5ccc(-c6cccc7c6oc6ccccc67)cc5)c5ccccc5n4)c23)cc1. The van der Waals surface area contributed by atoms with Crippen molar-refractivity contribution in [2.24, 2.45) is 0 Å². The minimum absolute atomic E-state index is 0.639. The molecular weight excluding hydrogens is 673 g/mol. The molecule has 4 aromatic heterocycles. The lowest BCUT2D eigenvalue weighted by Crippen LogP contribution is -2.03. The van der Waals surface area contributed by atoms with Crippen LogP contribution in [0.3, 0.4) is 0 Å². The van der Waals surface area contributed by atoms with Crippen molar-refractivity contribution in [3.05, 3.63) is 182 Å². The van der Waals surface area contributed by atoms with E-state index in [1.54, 1.807) is 0 Å². The van der Waals surface area contributed by atoms with Crippen molar-refractivity contribution in [2.45, 2.75) is 0 Å². The van der Waals surface area contributed by atoms with Gasteiger partial charge in [0.25, 0.3) is 0 Å². The van der Waals surface area contributed by atoms with E-state index < -0.39 is 0 Å². The topological polar surface area (TPSA) is 48.8 Å². The van der Waals surface area contributed by atoms with Crippen molar-refractivity contribution >= 4 is 76.5 Å². The van der Waals surface area contributed by atoms with Crippen molar-refractivity contribution in [1.29, 1.82) is 0 Å². The Balaban J connectivity index is 1.11. The maximum Gasteiger partial charge on any atom is 0.235 e. The van der Waals surface area contributed by atoms with Gasteiger partial charge in [0.15, 0.2) is 0 Å². The van der Waals surface area contributed by atoms with E-state index in [2.05, 4.69) is 179 Å². The molecule has 0 saturated carbocycles. The van der Waals surface area contributed by atoms with Crippen LogP contribution in [0.1, 0.15) is 0 Å². The molecule has 0 amide bonds. The van der Waals surface area contributed by atoms with Crippen molar-refractivity contribution in [2.75, 3.05) is 0 Å². The monoisotopic (exact) mass is 702 g/mol. The van der Waals surface area contributed by atoms with Gasteiger partial charge in [-0.3, -0.25) is 4.57 Å². The number of para-hydroxylation sites is 6. The largest absolute Gasteiger partial charge is 0.455 e. The van der Waals surface area contributed by atoms with E-state index in [1.807, 2.05) is 12.1 Å². The molecule has 0 aliphatic carbocycles. The van der Waals surface area contributed by atoms with Gasteiger partial charge >= 0.3 is 0 Å². The highest BCUT2D eigenvalue weighted by atomic mass is 16.3. The summed E-state index contributed by atoms with van der Waals surface area (Å²) in [5.74, 6) is 0.639. The Kier molecular flexibility index (Phi) is 6.27. The Hall–Kier alpha value is -7.50. The third-order valence-electron chi connectivity index (χ3n) is 11.1. The molecule has 0 saturated heterocycles. The molecule has 0 N–H and O–H groups in total. The second kappa shape index (κ2) is 11.5. The molecule has 0 atom stereocenters. The fraction of sp³-hybridized carbons (Fsp3) is 0. The number of furan rings is 1. The molecule has 0 spiro atoms.